The van der Waals surface area contributed by atoms with Crippen molar-refractivity contribution >= 4 is 5.65 Å². The van der Waals surface area contributed by atoms with Crippen LogP contribution < -0.4 is 10.3 Å². The number of benzene rings is 1. The molecule has 2 heterocycles. The summed E-state index contributed by atoms with van der Waals surface area (Å²) in [6.45, 7) is 0.275. The minimum absolute atomic E-state index is 0.168. The quantitative estimate of drug-likeness (QED) is 0.733. The van der Waals surface area contributed by atoms with E-state index in [0.29, 0.717) is 17.4 Å². The molecule has 1 saturated carbocycles. The van der Waals surface area contributed by atoms with E-state index in [2.05, 4.69) is 22.3 Å². The number of aryl methyl sites for hydroxylation is 1. The monoisotopic (exact) mass is 338 g/mol. The second kappa shape index (κ2) is 6.70. The molecule has 1 aromatic carbocycles. The summed E-state index contributed by atoms with van der Waals surface area (Å²) >= 11 is 0. The standard InChI is InChI=1S/C19H22N4O2/c1-22-11-12-23-17(20-21-18(23)19(22)24)13-25-16-9-7-15(8-10-16)14-5-3-2-4-6-14/h7-12,14H,2-6,13H2,1H3. The van der Waals surface area contributed by atoms with Crippen molar-refractivity contribution in [2.24, 2.45) is 7.05 Å². The Hall–Kier alpha value is -2.63. The van der Waals surface area contributed by atoms with Crippen molar-refractivity contribution in [3.8, 4) is 5.75 Å². The third kappa shape index (κ3) is 3.16. The lowest BCUT2D eigenvalue weighted by Gasteiger charge is -2.22. The van der Waals surface area contributed by atoms with Crippen molar-refractivity contribution in [1.29, 1.82) is 0 Å². The van der Waals surface area contributed by atoms with Gasteiger partial charge in [-0.05, 0) is 36.5 Å². The average Bonchev–Trinajstić information content (AvgIpc) is 3.08. The van der Waals surface area contributed by atoms with E-state index in [-0.39, 0.29) is 12.2 Å². The maximum absolute atomic E-state index is 12.0. The highest BCUT2D eigenvalue weighted by atomic mass is 16.5. The lowest BCUT2D eigenvalue weighted by molar-refractivity contribution is 0.294. The van der Waals surface area contributed by atoms with Gasteiger partial charge in [-0.25, -0.2) is 0 Å². The van der Waals surface area contributed by atoms with Crippen molar-refractivity contribution < 1.29 is 4.74 Å². The molecule has 6 nitrogen and oxygen atoms in total. The fourth-order valence-electron chi connectivity index (χ4n) is 3.54. The highest BCUT2D eigenvalue weighted by Gasteiger charge is 2.15. The SMILES string of the molecule is Cn1ccn2c(COc3ccc(C4CCCCC4)cc3)nnc2c1=O. The van der Waals surface area contributed by atoms with E-state index >= 15 is 0 Å². The molecular formula is C19H22N4O2. The molecule has 130 valence electrons. The third-order valence-electron chi connectivity index (χ3n) is 5.04. The van der Waals surface area contributed by atoms with Crippen LogP contribution in [0, 0.1) is 0 Å². The van der Waals surface area contributed by atoms with E-state index < -0.39 is 0 Å². The molecule has 1 aliphatic rings. The van der Waals surface area contributed by atoms with Crippen molar-refractivity contribution in [2.75, 3.05) is 0 Å². The molecule has 0 unspecified atom stereocenters. The summed E-state index contributed by atoms with van der Waals surface area (Å²) in [7, 11) is 1.70. The summed E-state index contributed by atoms with van der Waals surface area (Å²) < 4.78 is 9.00. The Morgan fingerprint density at radius 3 is 2.60 bits per heavy atom. The zero-order valence-corrected chi connectivity index (χ0v) is 14.4. The number of nitrogens with zero attached hydrogens (tertiary/aromatic N) is 4. The van der Waals surface area contributed by atoms with Crippen molar-refractivity contribution in [2.45, 2.75) is 44.6 Å². The molecule has 0 atom stereocenters. The summed E-state index contributed by atoms with van der Waals surface area (Å²) in [5.74, 6) is 2.11. The minimum Gasteiger partial charge on any atom is -0.486 e. The predicted molar refractivity (Wildman–Crippen MR) is 94.8 cm³/mol. The zero-order chi connectivity index (χ0) is 17.2. The Morgan fingerprint density at radius 1 is 1.08 bits per heavy atom. The normalized spacial score (nSPS) is 15.6. The molecule has 6 heteroatoms. The first kappa shape index (κ1) is 15.9. The van der Waals surface area contributed by atoms with E-state index in [0.717, 1.165) is 5.75 Å². The molecule has 2 aromatic heterocycles. The fraction of sp³-hybridized carbons (Fsp3) is 0.421. The van der Waals surface area contributed by atoms with Gasteiger partial charge < -0.3 is 9.30 Å². The summed E-state index contributed by atoms with van der Waals surface area (Å²) in [4.78, 5) is 12.0. The number of hydrogen-bond acceptors (Lipinski definition) is 4. The van der Waals surface area contributed by atoms with Crippen molar-refractivity contribution in [1.82, 2.24) is 19.2 Å². The van der Waals surface area contributed by atoms with E-state index in [4.69, 9.17) is 4.74 Å². The van der Waals surface area contributed by atoms with Crippen LogP contribution in [0.1, 0.15) is 49.4 Å². The third-order valence-corrected chi connectivity index (χ3v) is 5.04. The number of ether oxygens (including phenoxy) is 1. The van der Waals surface area contributed by atoms with Gasteiger partial charge in [0.15, 0.2) is 5.82 Å². The maximum atomic E-state index is 12.0. The molecule has 0 spiro atoms. The summed E-state index contributed by atoms with van der Waals surface area (Å²) in [6, 6.07) is 8.38. The average molecular weight is 338 g/mol. The van der Waals surface area contributed by atoms with Gasteiger partial charge in [0.05, 0.1) is 0 Å². The van der Waals surface area contributed by atoms with Crippen LogP contribution >= 0.6 is 0 Å². The Kier molecular flexibility index (Phi) is 4.26. The highest BCUT2D eigenvalue weighted by molar-refractivity contribution is 5.34. The number of fused-ring (bicyclic) bond motifs is 1. The van der Waals surface area contributed by atoms with Gasteiger partial charge in [0.1, 0.15) is 12.4 Å². The van der Waals surface area contributed by atoms with Gasteiger partial charge in [0.25, 0.3) is 5.56 Å². The van der Waals surface area contributed by atoms with Gasteiger partial charge in [-0.2, -0.15) is 0 Å². The number of rotatable bonds is 4. The van der Waals surface area contributed by atoms with E-state index in [1.807, 2.05) is 12.1 Å². The van der Waals surface area contributed by atoms with Gasteiger partial charge in [-0.15, -0.1) is 10.2 Å². The molecule has 0 saturated heterocycles. The Balaban J connectivity index is 1.46. The minimum atomic E-state index is -0.168. The van der Waals surface area contributed by atoms with Gasteiger partial charge in [0, 0.05) is 19.4 Å². The summed E-state index contributed by atoms with van der Waals surface area (Å²) in [5, 5.41) is 8.04. The summed E-state index contributed by atoms with van der Waals surface area (Å²) in [5.41, 5.74) is 1.55. The molecule has 0 N–H and O–H groups in total. The Labute approximate surface area is 146 Å². The number of hydrogen-bond donors (Lipinski definition) is 0. The number of aromatic nitrogens is 4. The van der Waals surface area contributed by atoms with Gasteiger partial charge in [-0.1, -0.05) is 31.4 Å². The predicted octanol–water partition coefficient (Wildman–Crippen LogP) is 3.05. The summed E-state index contributed by atoms with van der Waals surface area (Å²) in [6.07, 6.45) is 10.1. The lowest BCUT2D eigenvalue weighted by atomic mass is 9.84. The Morgan fingerprint density at radius 2 is 1.84 bits per heavy atom. The second-order valence-corrected chi connectivity index (χ2v) is 6.72. The van der Waals surface area contributed by atoms with Crippen molar-refractivity contribution in [3.63, 3.8) is 0 Å². The first-order valence-corrected chi connectivity index (χ1v) is 8.84. The smallest absolute Gasteiger partial charge is 0.295 e. The van der Waals surface area contributed by atoms with Crippen LogP contribution in [0.15, 0.2) is 41.5 Å². The van der Waals surface area contributed by atoms with Gasteiger partial charge >= 0.3 is 0 Å². The van der Waals surface area contributed by atoms with E-state index in [9.17, 15) is 4.79 Å². The molecule has 25 heavy (non-hydrogen) atoms. The second-order valence-electron chi connectivity index (χ2n) is 6.72. The van der Waals surface area contributed by atoms with Crippen LogP contribution in [0.3, 0.4) is 0 Å². The van der Waals surface area contributed by atoms with Crippen LogP contribution in [0.5, 0.6) is 5.75 Å². The molecule has 3 aromatic rings. The molecule has 0 aliphatic heterocycles. The van der Waals surface area contributed by atoms with Crippen LogP contribution in [-0.4, -0.2) is 19.2 Å². The zero-order valence-electron chi connectivity index (χ0n) is 14.4. The van der Waals surface area contributed by atoms with Crippen LogP contribution in [-0.2, 0) is 13.7 Å². The lowest BCUT2D eigenvalue weighted by Crippen LogP contribution is -2.18. The Bertz CT molecular complexity index is 921. The van der Waals surface area contributed by atoms with Gasteiger partial charge in [-0.3, -0.25) is 9.20 Å². The van der Waals surface area contributed by atoms with Gasteiger partial charge in [0.2, 0.25) is 5.65 Å². The first-order chi connectivity index (χ1) is 12.2. The van der Waals surface area contributed by atoms with E-state index in [1.165, 1.54) is 42.2 Å². The molecule has 0 bridgehead atoms. The molecule has 1 aliphatic carbocycles. The maximum Gasteiger partial charge on any atom is 0.295 e. The van der Waals surface area contributed by atoms with Crippen molar-refractivity contribution in [3.05, 3.63) is 58.4 Å². The van der Waals surface area contributed by atoms with Crippen LogP contribution in [0.25, 0.3) is 5.65 Å². The van der Waals surface area contributed by atoms with Crippen LogP contribution in [0.2, 0.25) is 0 Å². The van der Waals surface area contributed by atoms with Crippen LogP contribution in [0.4, 0.5) is 0 Å². The van der Waals surface area contributed by atoms with E-state index in [1.54, 1.807) is 23.8 Å². The molecular weight excluding hydrogens is 316 g/mol. The molecule has 1 fully saturated rings. The highest BCUT2D eigenvalue weighted by Crippen LogP contribution is 2.33. The fourth-order valence-corrected chi connectivity index (χ4v) is 3.54. The topological polar surface area (TPSA) is 61.4 Å². The molecule has 0 amide bonds. The largest absolute Gasteiger partial charge is 0.486 e. The first-order valence-electron chi connectivity index (χ1n) is 8.84. The molecule has 0 radical (unpaired) electrons. The molecule has 4 rings (SSSR count).